The summed E-state index contributed by atoms with van der Waals surface area (Å²) < 4.78 is 25.1. The second-order valence-electron chi connectivity index (χ2n) is 8.23. The number of anilines is 1. The van der Waals surface area contributed by atoms with Crippen molar-refractivity contribution in [2.24, 2.45) is 0 Å². The van der Waals surface area contributed by atoms with Crippen LogP contribution in [0.5, 0.6) is 0 Å². The van der Waals surface area contributed by atoms with Crippen molar-refractivity contribution in [3.63, 3.8) is 0 Å². The molecular formula is C22H31N3O2S2. The van der Waals surface area contributed by atoms with Gasteiger partial charge in [-0.15, -0.1) is 0 Å². The van der Waals surface area contributed by atoms with Gasteiger partial charge in [0, 0.05) is 12.2 Å². The predicted molar refractivity (Wildman–Crippen MR) is 126 cm³/mol. The average molecular weight is 434 g/mol. The highest BCUT2D eigenvalue weighted by Crippen LogP contribution is 2.22. The van der Waals surface area contributed by atoms with Crippen LogP contribution >= 0.6 is 12.2 Å². The number of thiocarbonyl (C=S) groups is 1. The molecule has 1 atom stereocenters. The van der Waals surface area contributed by atoms with Crippen LogP contribution in [0, 0.1) is 0 Å². The molecule has 0 amide bonds. The van der Waals surface area contributed by atoms with Gasteiger partial charge in [0.05, 0.1) is 12.3 Å². The Labute approximate surface area is 180 Å². The van der Waals surface area contributed by atoms with Gasteiger partial charge in [0.25, 0.3) is 0 Å². The van der Waals surface area contributed by atoms with Gasteiger partial charge in [-0.25, -0.2) is 8.42 Å². The molecule has 2 aromatic carbocycles. The first-order valence-corrected chi connectivity index (χ1v) is 12.0. The molecule has 0 aliphatic rings. The van der Waals surface area contributed by atoms with Gasteiger partial charge >= 0.3 is 0 Å². The molecule has 158 valence electrons. The molecule has 29 heavy (non-hydrogen) atoms. The molecule has 0 spiro atoms. The van der Waals surface area contributed by atoms with E-state index in [9.17, 15) is 8.42 Å². The number of benzene rings is 2. The van der Waals surface area contributed by atoms with Crippen molar-refractivity contribution in [1.82, 2.24) is 10.6 Å². The minimum Gasteiger partial charge on any atom is -0.359 e. The van der Waals surface area contributed by atoms with E-state index in [1.807, 2.05) is 12.1 Å². The van der Waals surface area contributed by atoms with Crippen molar-refractivity contribution in [3.8, 4) is 0 Å². The van der Waals surface area contributed by atoms with Crippen molar-refractivity contribution < 1.29 is 8.42 Å². The van der Waals surface area contributed by atoms with Crippen LogP contribution < -0.4 is 15.4 Å². The molecule has 3 N–H and O–H groups in total. The molecule has 0 fully saturated rings. The summed E-state index contributed by atoms with van der Waals surface area (Å²) in [5.74, 6) is 0. The smallest absolute Gasteiger partial charge is 0.229 e. The quantitative estimate of drug-likeness (QED) is 0.562. The fraction of sp³-hybridized carbons (Fsp3) is 0.409. The van der Waals surface area contributed by atoms with E-state index in [0.29, 0.717) is 17.3 Å². The minimum absolute atomic E-state index is 0.0468. The maximum absolute atomic E-state index is 11.3. The van der Waals surface area contributed by atoms with Crippen molar-refractivity contribution in [2.75, 3.05) is 11.0 Å². The number of nitrogens with one attached hydrogen (secondary N) is 3. The van der Waals surface area contributed by atoms with Crippen molar-refractivity contribution in [3.05, 3.63) is 65.2 Å². The first-order chi connectivity index (χ1) is 13.5. The summed E-state index contributed by atoms with van der Waals surface area (Å²) in [5, 5.41) is 7.19. The molecule has 5 nitrogen and oxygen atoms in total. The molecule has 1 unspecified atom stereocenters. The lowest BCUT2D eigenvalue weighted by atomic mass is 9.87. The molecular weight excluding hydrogens is 402 g/mol. The van der Waals surface area contributed by atoms with E-state index in [1.165, 1.54) is 11.1 Å². The Morgan fingerprint density at radius 3 is 2.10 bits per heavy atom. The van der Waals surface area contributed by atoms with Crippen LogP contribution in [0.4, 0.5) is 5.69 Å². The van der Waals surface area contributed by atoms with E-state index in [1.54, 1.807) is 12.1 Å². The predicted octanol–water partition coefficient (Wildman–Crippen LogP) is 4.47. The normalized spacial score (nSPS) is 12.9. The maximum atomic E-state index is 11.3. The second kappa shape index (κ2) is 9.59. The summed E-state index contributed by atoms with van der Waals surface area (Å²) in [5.41, 5.74) is 4.22. The Morgan fingerprint density at radius 2 is 1.62 bits per heavy atom. The van der Waals surface area contributed by atoms with Crippen molar-refractivity contribution in [2.45, 2.75) is 52.1 Å². The zero-order valence-electron chi connectivity index (χ0n) is 17.7. The summed E-state index contributed by atoms with van der Waals surface area (Å²) >= 11 is 5.46. The Morgan fingerprint density at radius 1 is 1.03 bits per heavy atom. The maximum Gasteiger partial charge on any atom is 0.229 e. The fourth-order valence-electron chi connectivity index (χ4n) is 2.93. The van der Waals surface area contributed by atoms with Crippen LogP contribution in [-0.2, 0) is 22.0 Å². The summed E-state index contributed by atoms with van der Waals surface area (Å²) in [7, 11) is -3.28. The van der Waals surface area contributed by atoms with Gasteiger partial charge in [0.1, 0.15) is 0 Å². The van der Waals surface area contributed by atoms with Gasteiger partial charge in [-0.1, -0.05) is 64.1 Å². The standard InChI is InChI=1S/C22H31N3O2S2/c1-6-20(17-9-13-19(14-10-17)25-29(5,26)27)24-21(28)23-15-16-7-11-18(12-8-16)22(2,3)4/h7-14,20,25H,6,15H2,1-5H3,(H2,23,24,28). The summed E-state index contributed by atoms with van der Waals surface area (Å²) in [4.78, 5) is 0. The van der Waals surface area contributed by atoms with Gasteiger partial charge in [0.2, 0.25) is 10.0 Å². The Bertz CT molecular complexity index is 916. The lowest BCUT2D eigenvalue weighted by molar-refractivity contribution is 0.589. The third kappa shape index (κ3) is 7.66. The summed E-state index contributed by atoms with van der Waals surface area (Å²) in [6, 6.07) is 15.9. The fourth-order valence-corrected chi connectivity index (χ4v) is 3.71. The van der Waals surface area contributed by atoms with Gasteiger partial charge in [-0.2, -0.15) is 0 Å². The zero-order valence-corrected chi connectivity index (χ0v) is 19.4. The van der Waals surface area contributed by atoms with Gasteiger partial charge in [0.15, 0.2) is 5.11 Å². The van der Waals surface area contributed by atoms with Gasteiger partial charge in [-0.3, -0.25) is 4.72 Å². The molecule has 2 aromatic rings. The molecule has 7 heteroatoms. The minimum atomic E-state index is -3.28. The molecule has 0 aliphatic carbocycles. The monoisotopic (exact) mass is 433 g/mol. The van der Waals surface area contributed by atoms with E-state index in [4.69, 9.17) is 12.2 Å². The van der Waals surface area contributed by atoms with Gasteiger partial charge in [-0.05, 0) is 52.9 Å². The topological polar surface area (TPSA) is 70.2 Å². The molecule has 0 radical (unpaired) electrons. The lowest BCUT2D eigenvalue weighted by Gasteiger charge is -2.21. The summed E-state index contributed by atoms with van der Waals surface area (Å²) in [6.45, 7) is 9.34. The first kappa shape index (κ1) is 23.2. The second-order valence-corrected chi connectivity index (χ2v) is 10.4. The number of hydrogen-bond donors (Lipinski definition) is 3. The SMILES string of the molecule is CCC(NC(=S)NCc1ccc(C(C)(C)C)cc1)c1ccc(NS(C)(=O)=O)cc1. The van der Waals surface area contributed by atoms with E-state index in [-0.39, 0.29) is 11.5 Å². The highest BCUT2D eigenvalue weighted by atomic mass is 32.2. The highest BCUT2D eigenvalue weighted by Gasteiger charge is 2.13. The third-order valence-electron chi connectivity index (χ3n) is 4.60. The molecule has 0 heterocycles. The van der Waals surface area contributed by atoms with Crippen LogP contribution in [0.2, 0.25) is 0 Å². The lowest BCUT2D eigenvalue weighted by Crippen LogP contribution is -2.37. The first-order valence-electron chi connectivity index (χ1n) is 9.69. The van der Waals surface area contributed by atoms with E-state index in [2.05, 4.69) is 67.3 Å². The molecule has 0 aliphatic heterocycles. The molecule has 0 saturated heterocycles. The Kier molecular flexibility index (Phi) is 7.66. The largest absolute Gasteiger partial charge is 0.359 e. The Balaban J connectivity index is 1.92. The number of rotatable bonds is 7. The van der Waals surface area contributed by atoms with E-state index < -0.39 is 10.0 Å². The van der Waals surface area contributed by atoms with Crippen LogP contribution in [0.25, 0.3) is 0 Å². The Hall–Kier alpha value is -2.12. The zero-order chi connectivity index (χ0) is 21.7. The van der Waals surface area contributed by atoms with Crippen molar-refractivity contribution >= 4 is 33.0 Å². The van der Waals surface area contributed by atoms with Gasteiger partial charge < -0.3 is 10.6 Å². The molecule has 0 saturated carbocycles. The summed E-state index contributed by atoms with van der Waals surface area (Å²) in [6.07, 6.45) is 1.99. The molecule has 0 aromatic heterocycles. The highest BCUT2D eigenvalue weighted by molar-refractivity contribution is 7.92. The molecule has 2 rings (SSSR count). The van der Waals surface area contributed by atoms with Crippen LogP contribution in [0.1, 0.15) is 56.8 Å². The van der Waals surface area contributed by atoms with E-state index >= 15 is 0 Å². The van der Waals surface area contributed by atoms with Crippen LogP contribution in [-0.4, -0.2) is 19.8 Å². The van der Waals surface area contributed by atoms with E-state index in [0.717, 1.165) is 18.2 Å². The van der Waals surface area contributed by atoms with Crippen LogP contribution in [0.3, 0.4) is 0 Å². The number of hydrogen-bond acceptors (Lipinski definition) is 3. The van der Waals surface area contributed by atoms with Crippen LogP contribution in [0.15, 0.2) is 48.5 Å². The van der Waals surface area contributed by atoms with Crippen molar-refractivity contribution in [1.29, 1.82) is 0 Å². The number of sulfonamides is 1. The average Bonchev–Trinajstić information content (AvgIpc) is 2.63. The third-order valence-corrected chi connectivity index (χ3v) is 5.47. The molecule has 0 bridgehead atoms.